The van der Waals surface area contributed by atoms with Gasteiger partial charge in [-0.05, 0) is 48.9 Å². The van der Waals surface area contributed by atoms with Gasteiger partial charge in [0, 0.05) is 38.8 Å². The predicted octanol–water partition coefficient (Wildman–Crippen LogP) is 2.32. The Balaban J connectivity index is 1.35. The normalized spacial score (nSPS) is 22.1. The molecule has 1 amide bonds. The highest BCUT2D eigenvalue weighted by atomic mass is 16.7. The van der Waals surface area contributed by atoms with E-state index in [4.69, 9.17) is 14.5 Å². The smallest absolute Gasteiger partial charge is 0.231 e. The summed E-state index contributed by atoms with van der Waals surface area (Å²) in [4.78, 5) is 26.5. The number of hydrogen-bond acceptors (Lipinski definition) is 6. The van der Waals surface area contributed by atoms with Crippen LogP contribution in [0.5, 0.6) is 11.5 Å². The molecule has 5 rings (SSSR count). The lowest BCUT2D eigenvalue weighted by atomic mass is 9.77. The molecule has 1 aromatic heterocycles. The summed E-state index contributed by atoms with van der Waals surface area (Å²) in [5, 5.41) is 0. The van der Waals surface area contributed by atoms with Gasteiger partial charge in [-0.2, -0.15) is 0 Å². The maximum Gasteiger partial charge on any atom is 0.231 e. The number of benzene rings is 1. The Morgan fingerprint density at radius 1 is 1.24 bits per heavy atom. The number of anilines is 1. The van der Waals surface area contributed by atoms with Crippen LogP contribution in [0.1, 0.15) is 36.1 Å². The number of ether oxygens (including phenoxy) is 2. The summed E-state index contributed by atoms with van der Waals surface area (Å²) < 4.78 is 10.8. The minimum atomic E-state index is -0.0359. The van der Waals surface area contributed by atoms with E-state index in [9.17, 15) is 4.79 Å². The van der Waals surface area contributed by atoms with Crippen LogP contribution in [0, 0.1) is 0 Å². The molecular weight excluding hydrogens is 368 g/mol. The quantitative estimate of drug-likeness (QED) is 0.796. The molecule has 7 nitrogen and oxygen atoms in total. The van der Waals surface area contributed by atoms with Gasteiger partial charge in [0.1, 0.15) is 0 Å². The first kappa shape index (κ1) is 18.2. The number of piperidine rings is 1. The number of carbonyl (C=O) groups excluding carboxylic acids is 1. The van der Waals surface area contributed by atoms with Crippen molar-refractivity contribution >= 4 is 11.9 Å². The topological polar surface area (TPSA) is 67.8 Å². The number of hydrogen-bond donors (Lipinski definition) is 0. The largest absolute Gasteiger partial charge is 0.454 e. The number of fused-ring (bicyclic) bond motifs is 3. The van der Waals surface area contributed by atoms with E-state index < -0.39 is 0 Å². The predicted molar refractivity (Wildman–Crippen MR) is 108 cm³/mol. The summed E-state index contributed by atoms with van der Waals surface area (Å²) in [6.07, 6.45) is 6.48. The molecule has 1 spiro atoms. The lowest BCUT2D eigenvalue weighted by Gasteiger charge is -2.40. The Morgan fingerprint density at radius 2 is 2.10 bits per heavy atom. The van der Waals surface area contributed by atoms with Crippen molar-refractivity contribution in [1.29, 1.82) is 0 Å². The molecule has 0 radical (unpaired) electrons. The molecule has 3 heterocycles. The van der Waals surface area contributed by atoms with Crippen molar-refractivity contribution < 1.29 is 14.3 Å². The first-order valence-electron chi connectivity index (χ1n) is 10.2. The number of aromatic nitrogens is 2. The zero-order valence-electron chi connectivity index (χ0n) is 17.0. The van der Waals surface area contributed by atoms with E-state index in [1.807, 2.05) is 48.3 Å². The fourth-order valence-electron chi connectivity index (χ4n) is 4.83. The van der Waals surface area contributed by atoms with Crippen LogP contribution in [-0.4, -0.2) is 54.8 Å². The van der Waals surface area contributed by atoms with Gasteiger partial charge in [-0.15, -0.1) is 0 Å². The van der Waals surface area contributed by atoms with Crippen LogP contribution < -0.4 is 14.4 Å². The van der Waals surface area contributed by atoms with Crippen LogP contribution in [0.4, 0.5) is 5.95 Å². The molecule has 0 N–H and O–H groups in total. The van der Waals surface area contributed by atoms with E-state index in [0.717, 1.165) is 67.5 Å². The average molecular weight is 394 g/mol. The summed E-state index contributed by atoms with van der Waals surface area (Å²) in [5.74, 6) is 2.38. The standard InChI is InChI=1S/C22H26N4O3/c1-25(2)21-23-12-16-6-8-22(20(16)24-21)7-3-9-26(13-22)19(27)11-15-4-5-17-18(10-15)29-14-28-17/h4-5,10,12H,3,6-9,11,13-14H2,1-2H3. The molecule has 1 fully saturated rings. The van der Waals surface area contributed by atoms with Gasteiger partial charge in [0.05, 0.1) is 12.1 Å². The Labute approximate surface area is 170 Å². The fourth-order valence-corrected chi connectivity index (χ4v) is 4.83. The first-order chi connectivity index (χ1) is 14.0. The van der Waals surface area contributed by atoms with Gasteiger partial charge in [0.2, 0.25) is 18.6 Å². The van der Waals surface area contributed by atoms with Crippen molar-refractivity contribution in [3.8, 4) is 11.5 Å². The van der Waals surface area contributed by atoms with E-state index in [-0.39, 0.29) is 18.1 Å². The van der Waals surface area contributed by atoms with Crippen LogP contribution in [-0.2, 0) is 23.1 Å². The number of aryl methyl sites for hydroxylation is 1. The van der Waals surface area contributed by atoms with Gasteiger partial charge in [-0.25, -0.2) is 9.97 Å². The molecule has 1 unspecified atom stereocenters. The minimum Gasteiger partial charge on any atom is -0.454 e. The molecule has 7 heteroatoms. The number of likely N-dealkylation sites (tertiary alicyclic amines) is 1. The van der Waals surface area contributed by atoms with Gasteiger partial charge in [-0.3, -0.25) is 4.79 Å². The van der Waals surface area contributed by atoms with Crippen molar-refractivity contribution in [3.63, 3.8) is 0 Å². The SMILES string of the molecule is CN(C)c1ncc2c(n1)C1(CCCN(C(=O)Cc3ccc4c(c3)OCO4)C1)CC2. The Morgan fingerprint density at radius 3 is 2.97 bits per heavy atom. The van der Waals surface area contributed by atoms with E-state index in [1.54, 1.807) is 0 Å². The summed E-state index contributed by atoms with van der Waals surface area (Å²) >= 11 is 0. The van der Waals surface area contributed by atoms with Gasteiger partial charge < -0.3 is 19.3 Å². The average Bonchev–Trinajstić information content (AvgIpc) is 3.32. The van der Waals surface area contributed by atoms with Crippen LogP contribution in [0.3, 0.4) is 0 Å². The second-order valence-electron chi connectivity index (χ2n) is 8.50. The lowest BCUT2D eigenvalue weighted by Crippen LogP contribution is -2.48. The molecule has 3 aliphatic rings. The fraction of sp³-hybridized carbons (Fsp3) is 0.500. The zero-order chi connectivity index (χ0) is 20.0. The van der Waals surface area contributed by atoms with Crippen LogP contribution in [0.2, 0.25) is 0 Å². The van der Waals surface area contributed by atoms with Gasteiger partial charge in [0.15, 0.2) is 11.5 Å². The molecule has 0 bridgehead atoms. The molecule has 2 aromatic rings. The number of rotatable bonds is 3. The second kappa shape index (κ2) is 6.90. The first-order valence-corrected chi connectivity index (χ1v) is 10.2. The van der Waals surface area contributed by atoms with Crippen molar-refractivity contribution in [2.24, 2.45) is 0 Å². The third-order valence-electron chi connectivity index (χ3n) is 6.35. The molecule has 152 valence electrons. The summed E-state index contributed by atoms with van der Waals surface area (Å²) in [6.45, 7) is 1.80. The van der Waals surface area contributed by atoms with Gasteiger partial charge in [-0.1, -0.05) is 6.07 Å². The highest BCUT2D eigenvalue weighted by molar-refractivity contribution is 5.79. The Kier molecular flexibility index (Phi) is 4.33. The lowest BCUT2D eigenvalue weighted by molar-refractivity contribution is -0.132. The van der Waals surface area contributed by atoms with Gasteiger partial charge in [0.25, 0.3) is 0 Å². The van der Waals surface area contributed by atoms with Crippen molar-refractivity contribution in [1.82, 2.24) is 14.9 Å². The van der Waals surface area contributed by atoms with Crippen molar-refractivity contribution in [3.05, 3.63) is 41.2 Å². The molecule has 29 heavy (non-hydrogen) atoms. The minimum absolute atomic E-state index is 0.0359. The second-order valence-corrected chi connectivity index (χ2v) is 8.50. The third kappa shape index (κ3) is 3.18. The summed E-state index contributed by atoms with van der Waals surface area (Å²) in [7, 11) is 3.93. The summed E-state index contributed by atoms with van der Waals surface area (Å²) in [5.41, 5.74) is 3.31. The van der Waals surface area contributed by atoms with E-state index in [1.165, 1.54) is 5.56 Å². The molecule has 1 saturated heterocycles. The van der Waals surface area contributed by atoms with E-state index in [0.29, 0.717) is 6.42 Å². The molecule has 2 aliphatic heterocycles. The number of nitrogens with zero attached hydrogens (tertiary/aromatic N) is 4. The van der Waals surface area contributed by atoms with Crippen LogP contribution in [0.25, 0.3) is 0 Å². The zero-order valence-corrected chi connectivity index (χ0v) is 17.0. The summed E-state index contributed by atoms with van der Waals surface area (Å²) in [6, 6.07) is 5.75. The highest BCUT2D eigenvalue weighted by Gasteiger charge is 2.44. The Hall–Kier alpha value is -2.83. The number of amides is 1. The monoisotopic (exact) mass is 394 g/mol. The maximum absolute atomic E-state index is 13.1. The van der Waals surface area contributed by atoms with E-state index >= 15 is 0 Å². The molecule has 1 atom stereocenters. The van der Waals surface area contributed by atoms with Gasteiger partial charge >= 0.3 is 0 Å². The van der Waals surface area contributed by atoms with Crippen molar-refractivity contribution in [2.45, 2.75) is 37.5 Å². The molecule has 0 saturated carbocycles. The van der Waals surface area contributed by atoms with E-state index in [2.05, 4.69) is 4.98 Å². The molecule has 1 aromatic carbocycles. The number of carbonyl (C=O) groups is 1. The van der Waals surface area contributed by atoms with Crippen LogP contribution in [0.15, 0.2) is 24.4 Å². The maximum atomic E-state index is 13.1. The Bertz CT molecular complexity index is 957. The third-order valence-corrected chi connectivity index (χ3v) is 6.35. The molecule has 1 aliphatic carbocycles. The van der Waals surface area contributed by atoms with Crippen molar-refractivity contribution in [2.75, 3.05) is 38.9 Å². The van der Waals surface area contributed by atoms with Crippen LogP contribution >= 0.6 is 0 Å². The molecular formula is C22H26N4O3. The highest BCUT2D eigenvalue weighted by Crippen LogP contribution is 2.44.